The Kier molecular flexibility index (Phi) is 11.7. The van der Waals surface area contributed by atoms with Crippen LogP contribution in [0.25, 0.3) is 0 Å². The monoisotopic (exact) mass is 718 g/mol. The Balaban J connectivity index is 1.35. The van der Waals surface area contributed by atoms with E-state index in [4.69, 9.17) is 42.1 Å². The number of amides is 3. The Hall–Kier alpha value is -4.26. The molecule has 0 unspecified atom stereocenters. The Labute approximate surface area is 278 Å². The number of nitrogens with one attached hydrogen (secondary N) is 3. The molecular weight excluding hydrogens is 691 g/mol. The van der Waals surface area contributed by atoms with Gasteiger partial charge in [0.25, 0.3) is 5.91 Å². The molecule has 0 saturated carbocycles. The van der Waals surface area contributed by atoms with E-state index in [-0.39, 0.29) is 46.9 Å². The maximum Gasteiger partial charge on any atom is 0.338 e. The van der Waals surface area contributed by atoms with E-state index in [1.807, 2.05) is 24.3 Å². The van der Waals surface area contributed by atoms with Gasteiger partial charge in [-0.05, 0) is 66.9 Å². The summed E-state index contributed by atoms with van der Waals surface area (Å²) in [5, 5.41) is 9.83. The summed E-state index contributed by atoms with van der Waals surface area (Å²) in [6, 6.07) is 14.5. The number of esters is 1. The molecular formula is C31H29BrCl2N4O7. The first kappa shape index (κ1) is 33.6. The van der Waals surface area contributed by atoms with Crippen LogP contribution >= 0.6 is 39.1 Å². The fraction of sp³-hybridized carbons (Fsp3) is 0.226. The summed E-state index contributed by atoms with van der Waals surface area (Å²) in [6.45, 7) is 3.39. The molecule has 236 valence electrons. The number of hydrogen-bond donors (Lipinski definition) is 3. The number of halogens is 3. The minimum absolute atomic E-state index is 0.176. The zero-order valence-corrected chi connectivity index (χ0v) is 27.5. The maximum atomic E-state index is 12.6. The molecule has 4 rings (SSSR count). The van der Waals surface area contributed by atoms with Crippen LogP contribution in [-0.2, 0) is 20.9 Å². The first-order valence-electron chi connectivity index (χ1n) is 13.5. The number of hydrazone groups is 1. The van der Waals surface area contributed by atoms with E-state index in [1.54, 1.807) is 44.2 Å². The minimum atomic E-state index is -0.785. The number of carbonyl (C=O) groups is 3. The molecule has 0 saturated heterocycles. The number of rotatable bonds is 12. The average molecular weight is 720 g/mol. The van der Waals surface area contributed by atoms with E-state index in [0.29, 0.717) is 22.6 Å². The highest BCUT2D eigenvalue weighted by atomic mass is 79.9. The van der Waals surface area contributed by atoms with Gasteiger partial charge in [-0.1, -0.05) is 57.3 Å². The molecule has 0 bridgehead atoms. The molecule has 3 N–H and O–H groups in total. The van der Waals surface area contributed by atoms with E-state index in [9.17, 15) is 14.4 Å². The second-order valence-corrected chi connectivity index (χ2v) is 11.2. The van der Waals surface area contributed by atoms with Gasteiger partial charge in [0.2, 0.25) is 0 Å². The molecule has 3 aromatic carbocycles. The molecule has 0 aromatic heterocycles. The molecule has 1 aliphatic rings. The van der Waals surface area contributed by atoms with E-state index in [2.05, 4.69) is 37.1 Å². The zero-order chi connectivity index (χ0) is 32.5. The molecule has 0 aliphatic carbocycles. The molecule has 0 fully saturated rings. The Morgan fingerprint density at radius 3 is 2.42 bits per heavy atom. The van der Waals surface area contributed by atoms with Gasteiger partial charge >= 0.3 is 12.0 Å². The highest BCUT2D eigenvalue weighted by Crippen LogP contribution is 2.36. The molecule has 0 spiro atoms. The van der Waals surface area contributed by atoms with Crippen molar-refractivity contribution in [3.8, 4) is 17.2 Å². The fourth-order valence-corrected chi connectivity index (χ4v) is 5.17. The van der Waals surface area contributed by atoms with Gasteiger partial charge in [0, 0.05) is 10.2 Å². The van der Waals surface area contributed by atoms with Crippen LogP contribution in [0.3, 0.4) is 0 Å². The van der Waals surface area contributed by atoms with E-state index >= 15 is 0 Å². The molecule has 14 heteroatoms. The number of methoxy groups -OCH3 is 1. The van der Waals surface area contributed by atoms with Crippen molar-refractivity contribution in [1.82, 2.24) is 16.1 Å². The van der Waals surface area contributed by atoms with Crippen LogP contribution in [0, 0.1) is 0 Å². The first-order valence-corrected chi connectivity index (χ1v) is 15.1. The molecule has 1 heterocycles. The lowest BCUT2D eigenvalue weighted by molar-refractivity contribution is -0.139. The van der Waals surface area contributed by atoms with Crippen LogP contribution in [0.1, 0.15) is 36.6 Å². The van der Waals surface area contributed by atoms with Crippen LogP contribution in [-0.4, -0.2) is 44.4 Å². The summed E-state index contributed by atoms with van der Waals surface area (Å²) in [5.41, 5.74) is 5.05. The second-order valence-electron chi connectivity index (χ2n) is 9.51. The topological polar surface area (TPSA) is 137 Å². The van der Waals surface area contributed by atoms with Gasteiger partial charge in [0.1, 0.15) is 6.61 Å². The van der Waals surface area contributed by atoms with Crippen molar-refractivity contribution in [2.24, 2.45) is 5.10 Å². The average Bonchev–Trinajstić information content (AvgIpc) is 3.00. The van der Waals surface area contributed by atoms with Gasteiger partial charge in [-0.25, -0.2) is 15.0 Å². The predicted octanol–water partition coefficient (Wildman–Crippen LogP) is 6.06. The van der Waals surface area contributed by atoms with Crippen molar-refractivity contribution < 1.29 is 33.3 Å². The molecule has 0 radical (unpaired) electrons. The number of ether oxygens (including phenoxy) is 4. The third kappa shape index (κ3) is 8.90. The van der Waals surface area contributed by atoms with Crippen molar-refractivity contribution in [2.45, 2.75) is 26.5 Å². The van der Waals surface area contributed by atoms with Crippen molar-refractivity contribution in [3.63, 3.8) is 0 Å². The zero-order valence-electron chi connectivity index (χ0n) is 24.4. The van der Waals surface area contributed by atoms with Gasteiger partial charge in [0.15, 0.2) is 23.9 Å². The number of nitrogens with zero attached hydrogens (tertiary/aromatic N) is 1. The predicted molar refractivity (Wildman–Crippen MR) is 173 cm³/mol. The number of hydrogen-bond acceptors (Lipinski definition) is 8. The summed E-state index contributed by atoms with van der Waals surface area (Å²) in [6.07, 6.45) is 1.38. The van der Waals surface area contributed by atoms with Crippen molar-refractivity contribution >= 4 is 63.3 Å². The van der Waals surface area contributed by atoms with Crippen LogP contribution in [0.2, 0.25) is 10.0 Å². The quantitative estimate of drug-likeness (QED) is 0.118. The summed E-state index contributed by atoms with van der Waals surface area (Å²) in [7, 11) is 1.43. The third-order valence-corrected chi connectivity index (χ3v) is 7.45. The summed E-state index contributed by atoms with van der Waals surface area (Å²) >= 11 is 16.2. The highest BCUT2D eigenvalue weighted by molar-refractivity contribution is 9.10. The maximum absolute atomic E-state index is 12.6. The molecule has 45 heavy (non-hydrogen) atoms. The Morgan fingerprint density at radius 2 is 1.76 bits per heavy atom. The normalized spacial score (nSPS) is 14.4. The number of urea groups is 1. The van der Waals surface area contributed by atoms with Gasteiger partial charge in [-0.2, -0.15) is 5.10 Å². The van der Waals surface area contributed by atoms with E-state index in [0.717, 1.165) is 10.0 Å². The lowest BCUT2D eigenvalue weighted by atomic mass is 9.95. The number of carbonyl (C=O) groups excluding carboxylic acids is 3. The molecule has 1 aliphatic heterocycles. The summed E-state index contributed by atoms with van der Waals surface area (Å²) in [5.74, 6) is -0.227. The summed E-state index contributed by atoms with van der Waals surface area (Å²) < 4.78 is 23.0. The van der Waals surface area contributed by atoms with Crippen molar-refractivity contribution in [3.05, 3.63) is 97.1 Å². The first-order chi connectivity index (χ1) is 21.6. The number of benzene rings is 3. The lowest BCUT2D eigenvalue weighted by Crippen LogP contribution is -2.45. The SMILES string of the molecule is CCOC(=O)C1=C(C)NC(=O)N[C@H]1c1ccc(OCC(=O)N/N=C\c2cc(Cl)c(OCc3ccc(Br)cc3)c(Cl)c2)c(OC)c1. The Bertz CT molecular complexity index is 1620. The molecule has 3 aromatic rings. The van der Waals surface area contributed by atoms with Crippen LogP contribution < -0.4 is 30.3 Å². The van der Waals surface area contributed by atoms with E-state index in [1.165, 1.54) is 13.3 Å². The number of allylic oxidation sites excluding steroid dienone is 1. The van der Waals surface area contributed by atoms with Crippen molar-refractivity contribution in [1.29, 1.82) is 0 Å². The van der Waals surface area contributed by atoms with E-state index < -0.39 is 23.9 Å². The van der Waals surface area contributed by atoms with Gasteiger partial charge in [-0.15, -0.1) is 0 Å². The van der Waals surface area contributed by atoms with Gasteiger partial charge in [0.05, 0.1) is 41.6 Å². The Morgan fingerprint density at radius 1 is 1.04 bits per heavy atom. The van der Waals surface area contributed by atoms with Gasteiger partial charge < -0.3 is 29.6 Å². The van der Waals surface area contributed by atoms with Crippen LogP contribution in [0.4, 0.5) is 4.79 Å². The highest BCUT2D eigenvalue weighted by Gasteiger charge is 2.32. The largest absolute Gasteiger partial charge is 0.493 e. The van der Waals surface area contributed by atoms with Crippen LogP contribution in [0.15, 0.2) is 75.4 Å². The van der Waals surface area contributed by atoms with Crippen molar-refractivity contribution in [2.75, 3.05) is 20.3 Å². The van der Waals surface area contributed by atoms with Gasteiger partial charge in [-0.3, -0.25) is 4.79 Å². The molecule has 3 amide bonds. The third-order valence-electron chi connectivity index (χ3n) is 6.36. The smallest absolute Gasteiger partial charge is 0.338 e. The molecule has 1 atom stereocenters. The fourth-order valence-electron chi connectivity index (χ4n) is 4.29. The standard InChI is InChI=1S/C31H29BrCl2N4O7/c1-4-43-30(40)27-17(2)36-31(41)37-28(27)20-7-10-24(25(13-20)42-3)44-16-26(39)38-35-14-19-11-22(33)29(23(34)12-19)45-15-18-5-8-21(32)9-6-18/h5-14,28H,4,15-16H2,1-3H3,(H,38,39)(H2,36,37,41)/b35-14-/t28-/m0/s1. The minimum Gasteiger partial charge on any atom is -0.493 e. The lowest BCUT2D eigenvalue weighted by Gasteiger charge is -2.28. The van der Waals surface area contributed by atoms with Crippen LogP contribution in [0.5, 0.6) is 17.2 Å². The molecule has 11 nitrogen and oxygen atoms in total. The summed E-state index contributed by atoms with van der Waals surface area (Å²) in [4.78, 5) is 37.2. The second kappa shape index (κ2) is 15.6.